The van der Waals surface area contributed by atoms with E-state index >= 15 is 0 Å². The zero-order chi connectivity index (χ0) is 29.4. The van der Waals surface area contributed by atoms with Gasteiger partial charge in [-0.05, 0) is 62.4 Å². The fourth-order valence-electron chi connectivity index (χ4n) is 6.64. The average Bonchev–Trinajstić information content (AvgIpc) is 2.86. The van der Waals surface area contributed by atoms with Crippen molar-refractivity contribution in [3.63, 3.8) is 0 Å². The molecule has 10 heteroatoms. The summed E-state index contributed by atoms with van der Waals surface area (Å²) in [4.78, 5) is 54.3. The molecule has 40 heavy (non-hydrogen) atoms. The van der Waals surface area contributed by atoms with Crippen LogP contribution >= 0.6 is 0 Å². The van der Waals surface area contributed by atoms with E-state index in [1.54, 1.807) is 27.2 Å². The van der Waals surface area contributed by atoms with Gasteiger partial charge in [0.25, 0.3) is 0 Å². The number of rotatable bonds is 4. The molecule has 0 aromatic heterocycles. The Morgan fingerprint density at radius 3 is 2.33 bits per heavy atom. The molecular formula is C30H32N2O8. The molecule has 0 saturated heterocycles. The number of amides is 1. The number of aliphatic hydroxyl groups is 3. The number of phenols is 1. The fraction of sp³-hybridized carbons (Fsp3) is 0.400. The van der Waals surface area contributed by atoms with Gasteiger partial charge in [0.05, 0.1) is 11.6 Å². The summed E-state index contributed by atoms with van der Waals surface area (Å²) in [7, 11) is 4.85. The number of ketones is 3. The lowest BCUT2D eigenvalue weighted by Crippen LogP contribution is -2.65. The predicted octanol–water partition coefficient (Wildman–Crippen LogP) is 2.20. The lowest BCUT2D eigenvalue weighted by molar-refractivity contribution is -0.153. The smallest absolute Gasteiger partial charge is 0.219 e. The van der Waals surface area contributed by atoms with E-state index in [0.717, 1.165) is 12.5 Å². The molecule has 2 aromatic rings. The predicted molar refractivity (Wildman–Crippen MR) is 145 cm³/mol. The van der Waals surface area contributed by atoms with Crippen LogP contribution in [0, 0.1) is 11.8 Å². The Bertz CT molecular complexity index is 1590. The summed E-state index contributed by atoms with van der Waals surface area (Å²) in [5.41, 5.74) is -1.99. The van der Waals surface area contributed by atoms with Crippen molar-refractivity contribution in [2.24, 2.45) is 11.8 Å². The Kier molecular flexibility index (Phi) is 6.39. The minimum Gasteiger partial charge on any atom is -0.508 e. The van der Waals surface area contributed by atoms with Gasteiger partial charge < -0.3 is 25.3 Å². The molecule has 4 N–H and O–H groups in total. The molecule has 4 atom stereocenters. The summed E-state index contributed by atoms with van der Waals surface area (Å²) < 4.78 is 0. The summed E-state index contributed by atoms with van der Waals surface area (Å²) in [6.45, 7) is 2.83. The van der Waals surface area contributed by atoms with Crippen LogP contribution in [0.3, 0.4) is 0 Å². The van der Waals surface area contributed by atoms with Crippen molar-refractivity contribution >= 4 is 39.8 Å². The highest BCUT2D eigenvalue weighted by atomic mass is 16.3. The monoisotopic (exact) mass is 548 g/mol. The molecule has 2 aromatic carbocycles. The van der Waals surface area contributed by atoms with Crippen molar-refractivity contribution in [3.05, 3.63) is 57.9 Å². The molecular weight excluding hydrogens is 516 g/mol. The van der Waals surface area contributed by atoms with Gasteiger partial charge in [0.2, 0.25) is 11.7 Å². The van der Waals surface area contributed by atoms with E-state index in [-0.39, 0.29) is 35.6 Å². The Morgan fingerprint density at radius 2 is 1.73 bits per heavy atom. The van der Waals surface area contributed by atoms with Crippen LogP contribution in [0.25, 0.3) is 16.5 Å². The zero-order valence-corrected chi connectivity index (χ0v) is 23.0. The normalized spacial score (nSPS) is 26.1. The van der Waals surface area contributed by atoms with Gasteiger partial charge in [-0.1, -0.05) is 18.2 Å². The highest BCUT2D eigenvalue weighted by molar-refractivity contribution is 6.25. The number of phenolic OH excluding ortho intramolecular Hbond substituents is 1. The van der Waals surface area contributed by atoms with Crippen LogP contribution in [-0.4, -0.2) is 86.3 Å². The topological polar surface area (TPSA) is 156 Å². The molecule has 1 fully saturated rings. The fourth-order valence-corrected chi connectivity index (χ4v) is 6.64. The van der Waals surface area contributed by atoms with Crippen molar-refractivity contribution in [2.45, 2.75) is 44.9 Å². The highest BCUT2D eigenvalue weighted by Crippen LogP contribution is 2.53. The minimum absolute atomic E-state index is 0.0533. The number of aliphatic hydroxyl groups excluding tert-OH is 2. The molecule has 10 nitrogen and oxygen atoms in total. The maximum absolute atomic E-state index is 14.0. The Morgan fingerprint density at radius 1 is 1.05 bits per heavy atom. The molecule has 0 heterocycles. The third kappa shape index (κ3) is 3.77. The van der Waals surface area contributed by atoms with Crippen molar-refractivity contribution in [1.29, 1.82) is 0 Å². The SMILES string of the molecule is CC(=O)C1=C(O)[C@@]2(O)C(=O)C3=C(O)c4c(cc5ccc(CN(C)C(C)=O)cc5c4O)C[C@H]3C[C@H]2[C@H](N(C)C)C1=O. The van der Waals surface area contributed by atoms with Crippen LogP contribution in [-0.2, 0) is 32.1 Å². The standard InChI is InChI=1S/C30H32N2O8/c1-13(33)21-27(37)24(31(3)4)20-11-18-10-17-9-16-7-6-15(12-32(5)14(2)34)8-19(16)25(35)22(17)26(36)23(18)29(39)30(20,40)28(21)38/h6-9,18,20,24,35-36,38,40H,10-12H2,1-5H3/t18-,20-,24-,30+/m0/s1. The number of likely N-dealkylation sites (N-methyl/N-ethyl adjacent to an activating group) is 1. The Balaban J connectivity index is 1.68. The van der Waals surface area contributed by atoms with Crippen LogP contribution in [0.4, 0.5) is 0 Å². The Labute approximate surface area is 230 Å². The van der Waals surface area contributed by atoms with Crippen molar-refractivity contribution in [3.8, 4) is 5.75 Å². The van der Waals surface area contributed by atoms with Gasteiger partial charge in [0.15, 0.2) is 17.2 Å². The summed E-state index contributed by atoms with van der Waals surface area (Å²) in [6, 6.07) is 6.14. The lowest BCUT2D eigenvalue weighted by atomic mass is 9.57. The first-order valence-electron chi connectivity index (χ1n) is 13.0. The van der Waals surface area contributed by atoms with E-state index in [1.807, 2.05) is 18.2 Å². The number of fused-ring (bicyclic) bond motifs is 4. The van der Waals surface area contributed by atoms with Crippen LogP contribution in [0.1, 0.15) is 37.0 Å². The molecule has 3 aliphatic carbocycles. The van der Waals surface area contributed by atoms with Gasteiger partial charge in [-0.25, -0.2) is 0 Å². The van der Waals surface area contributed by atoms with Gasteiger partial charge in [0, 0.05) is 37.4 Å². The molecule has 5 rings (SSSR count). The number of hydrogen-bond acceptors (Lipinski definition) is 9. The maximum Gasteiger partial charge on any atom is 0.219 e. The first-order valence-corrected chi connectivity index (χ1v) is 13.0. The van der Waals surface area contributed by atoms with Crippen LogP contribution in [0.5, 0.6) is 5.75 Å². The van der Waals surface area contributed by atoms with Crippen molar-refractivity contribution < 1.29 is 39.6 Å². The molecule has 1 amide bonds. The lowest BCUT2D eigenvalue weighted by Gasteiger charge is -2.50. The molecule has 0 aliphatic heterocycles. The maximum atomic E-state index is 14.0. The van der Waals surface area contributed by atoms with E-state index < -0.39 is 57.9 Å². The van der Waals surface area contributed by atoms with Crippen LogP contribution in [0.15, 0.2) is 41.2 Å². The second kappa shape index (κ2) is 9.28. The summed E-state index contributed by atoms with van der Waals surface area (Å²) in [5.74, 6) is -5.99. The average molecular weight is 549 g/mol. The molecule has 0 radical (unpaired) electrons. The molecule has 1 saturated carbocycles. The largest absolute Gasteiger partial charge is 0.508 e. The second-order valence-corrected chi connectivity index (χ2v) is 11.3. The number of Topliss-reactive ketones (excluding diaryl/α,β-unsaturated/α-hetero) is 3. The van der Waals surface area contributed by atoms with E-state index in [9.17, 15) is 39.6 Å². The minimum atomic E-state index is -2.60. The first kappa shape index (κ1) is 27.5. The van der Waals surface area contributed by atoms with Crippen LogP contribution in [0.2, 0.25) is 0 Å². The van der Waals surface area contributed by atoms with Crippen LogP contribution < -0.4 is 0 Å². The van der Waals surface area contributed by atoms with Gasteiger partial charge >= 0.3 is 0 Å². The van der Waals surface area contributed by atoms with E-state index in [4.69, 9.17) is 0 Å². The number of benzene rings is 2. The third-order valence-corrected chi connectivity index (χ3v) is 8.65. The number of hydrogen-bond donors (Lipinski definition) is 4. The van der Waals surface area contributed by atoms with E-state index in [0.29, 0.717) is 22.9 Å². The number of carbonyl (C=O) groups excluding carboxylic acids is 4. The van der Waals surface area contributed by atoms with Gasteiger partial charge in [-0.15, -0.1) is 0 Å². The molecule has 0 bridgehead atoms. The summed E-state index contributed by atoms with van der Waals surface area (Å²) >= 11 is 0. The molecule has 210 valence electrons. The number of aromatic hydroxyl groups is 1. The van der Waals surface area contributed by atoms with E-state index in [2.05, 4.69) is 0 Å². The van der Waals surface area contributed by atoms with Gasteiger partial charge in [-0.2, -0.15) is 0 Å². The van der Waals surface area contributed by atoms with Gasteiger partial charge in [-0.3, -0.25) is 24.1 Å². The number of carbonyl (C=O) groups is 4. The second-order valence-electron chi connectivity index (χ2n) is 11.3. The van der Waals surface area contributed by atoms with Gasteiger partial charge in [0.1, 0.15) is 22.8 Å². The highest BCUT2D eigenvalue weighted by Gasteiger charge is 2.63. The molecule has 0 spiro atoms. The van der Waals surface area contributed by atoms with Crippen molar-refractivity contribution in [2.75, 3.05) is 21.1 Å². The first-order chi connectivity index (χ1) is 18.7. The van der Waals surface area contributed by atoms with Crippen molar-refractivity contribution in [1.82, 2.24) is 9.80 Å². The molecule has 0 unspecified atom stereocenters. The summed E-state index contributed by atoms with van der Waals surface area (Å²) in [6.07, 6.45) is 0.309. The third-order valence-electron chi connectivity index (χ3n) is 8.65. The number of nitrogens with zero attached hydrogens (tertiary/aromatic N) is 2. The quantitative estimate of drug-likeness (QED) is 0.421. The summed E-state index contributed by atoms with van der Waals surface area (Å²) in [5, 5.41) is 46.7. The molecule has 3 aliphatic rings. The Hall–Kier alpha value is -4.02. The van der Waals surface area contributed by atoms with E-state index in [1.165, 1.54) is 16.7 Å². The zero-order valence-electron chi connectivity index (χ0n) is 23.0.